The monoisotopic (exact) mass is 323 g/mol. The fraction of sp³-hybridized carbons (Fsp3) is 0.286. The van der Waals surface area contributed by atoms with Crippen LogP contribution in [0, 0.1) is 0 Å². The minimum absolute atomic E-state index is 0.154. The van der Waals surface area contributed by atoms with Crippen LogP contribution < -0.4 is 0 Å². The molecule has 2 amide bonds. The molecule has 19 heavy (non-hydrogen) atoms. The van der Waals surface area contributed by atoms with Crippen molar-refractivity contribution in [3.8, 4) is 0 Å². The first kappa shape index (κ1) is 13.8. The minimum Gasteiger partial charge on any atom is -0.444 e. The highest BCUT2D eigenvalue weighted by atomic mass is 79.9. The number of carbonyl (C=O) groups is 2. The normalized spacial score (nSPS) is 19.0. The van der Waals surface area contributed by atoms with E-state index in [9.17, 15) is 9.59 Å². The third kappa shape index (κ3) is 2.71. The van der Waals surface area contributed by atoms with E-state index in [1.165, 1.54) is 0 Å². The van der Waals surface area contributed by atoms with Gasteiger partial charge in [-0.1, -0.05) is 46.3 Å². The summed E-state index contributed by atoms with van der Waals surface area (Å²) in [6.07, 6.45) is -0.632. The third-order valence-corrected chi connectivity index (χ3v) is 4.21. The summed E-state index contributed by atoms with van der Waals surface area (Å²) in [4.78, 5) is 24.6. The Labute approximate surface area is 120 Å². The topological polar surface area (TPSA) is 46.6 Å². The van der Waals surface area contributed by atoms with Gasteiger partial charge in [-0.05, 0) is 25.0 Å². The van der Waals surface area contributed by atoms with Gasteiger partial charge in [0.05, 0.1) is 0 Å². The summed E-state index contributed by atoms with van der Waals surface area (Å²) in [5, 5.41) is 0. The Morgan fingerprint density at radius 3 is 2.47 bits per heavy atom. The van der Waals surface area contributed by atoms with Gasteiger partial charge >= 0.3 is 6.09 Å². The number of rotatable bonds is 2. The van der Waals surface area contributed by atoms with Gasteiger partial charge in [0.25, 0.3) is 5.91 Å². The maximum atomic E-state index is 12.0. The lowest BCUT2D eigenvalue weighted by Crippen LogP contribution is -2.38. The summed E-state index contributed by atoms with van der Waals surface area (Å²) in [5.41, 5.74) is 2.30. The SMILES string of the molecule is CC1=C(C)C(Br)N(C(=O)OCc2ccccc2)C1=O. The lowest BCUT2D eigenvalue weighted by molar-refractivity contribution is -0.124. The number of benzene rings is 1. The van der Waals surface area contributed by atoms with Crippen LogP contribution in [0.15, 0.2) is 41.5 Å². The van der Waals surface area contributed by atoms with Gasteiger partial charge in [-0.25, -0.2) is 9.69 Å². The molecule has 0 N–H and O–H groups in total. The highest BCUT2D eigenvalue weighted by Gasteiger charge is 2.38. The molecule has 2 rings (SSSR count). The quantitative estimate of drug-likeness (QED) is 0.620. The first-order chi connectivity index (χ1) is 9.02. The van der Waals surface area contributed by atoms with Crippen LogP contribution in [0.25, 0.3) is 0 Å². The van der Waals surface area contributed by atoms with E-state index >= 15 is 0 Å². The molecule has 1 atom stereocenters. The highest BCUT2D eigenvalue weighted by molar-refractivity contribution is 9.09. The van der Waals surface area contributed by atoms with Gasteiger partial charge in [0.15, 0.2) is 0 Å². The van der Waals surface area contributed by atoms with E-state index in [0.29, 0.717) is 5.57 Å². The van der Waals surface area contributed by atoms with Crippen LogP contribution >= 0.6 is 15.9 Å². The van der Waals surface area contributed by atoms with Crippen LogP contribution in [0.4, 0.5) is 4.79 Å². The molecular weight excluding hydrogens is 310 g/mol. The van der Waals surface area contributed by atoms with Gasteiger partial charge in [0, 0.05) is 5.57 Å². The van der Waals surface area contributed by atoms with Gasteiger partial charge in [-0.3, -0.25) is 4.79 Å². The average molecular weight is 324 g/mol. The molecule has 0 saturated carbocycles. The number of nitrogens with zero attached hydrogens (tertiary/aromatic N) is 1. The molecule has 0 bridgehead atoms. The number of hydrogen-bond donors (Lipinski definition) is 0. The first-order valence-corrected chi connectivity index (χ1v) is 6.79. The Morgan fingerprint density at radius 2 is 1.95 bits per heavy atom. The van der Waals surface area contributed by atoms with Crippen molar-refractivity contribution >= 4 is 27.9 Å². The number of hydrogen-bond acceptors (Lipinski definition) is 3. The van der Waals surface area contributed by atoms with E-state index in [4.69, 9.17) is 4.74 Å². The lowest BCUT2D eigenvalue weighted by atomic mass is 10.2. The van der Waals surface area contributed by atoms with Crippen molar-refractivity contribution in [3.05, 3.63) is 47.0 Å². The Bertz CT molecular complexity index is 539. The number of alkyl halides is 1. The Balaban J connectivity index is 2.01. The van der Waals surface area contributed by atoms with Crippen LogP contribution in [0.5, 0.6) is 0 Å². The van der Waals surface area contributed by atoms with E-state index in [1.54, 1.807) is 6.92 Å². The number of amides is 2. The largest absolute Gasteiger partial charge is 0.444 e. The minimum atomic E-state index is -0.632. The summed E-state index contributed by atoms with van der Waals surface area (Å²) in [6, 6.07) is 9.35. The summed E-state index contributed by atoms with van der Waals surface area (Å²) in [6.45, 7) is 3.68. The van der Waals surface area contributed by atoms with Crippen LogP contribution in [0.2, 0.25) is 0 Å². The molecule has 1 aromatic rings. The van der Waals surface area contributed by atoms with Crippen LogP contribution in [0.3, 0.4) is 0 Å². The van der Waals surface area contributed by atoms with Crippen molar-refractivity contribution in [1.82, 2.24) is 4.90 Å². The number of halogens is 1. The predicted octanol–water partition coefficient (Wildman–Crippen LogP) is 3.22. The molecule has 0 radical (unpaired) electrons. The van der Waals surface area contributed by atoms with Crippen molar-refractivity contribution in [2.45, 2.75) is 25.4 Å². The molecule has 0 aromatic heterocycles. The van der Waals surface area contributed by atoms with Gasteiger partial charge < -0.3 is 4.74 Å². The predicted molar refractivity (Wildman–Crippen MR) is 74.6 cm³/mol. The maximum Gasteiger partial charge on any atom is 0.418 e. The van der Waals surface area contributed by atoms with Gasteiger partial charge in [0.2, 0.25) is 0 Å². The van der Waals surface area contributed by atoms with Crippen molar-refractivity contribution in [1.29, 1.82) is 0 Å². The molecule has 1 aliphatic heterocycles. The Kier molecular flexibility index (Phi) is 4.04. The zero-order valence-electron chi connectivity index (χ0n) is 10.7. The van der Waals surface area contributed by atoms with Crippen molar-refractivity contribution < 1.29 is 14.3 Å². The maximum absolute atomic E-state index is 12.0. The average Bonchev–Trinajstić information content (AvgIpc) is 2.62. The van der Waals surface area contributed by atoms with Crippen molar-refractivity contribution in [2.75, 3.05) is 0 Å². The summed E-state index contributed by atoms with van der Waals surface area (Å²) in [5.74, 6) is -0.308. The standard InChI is InChI=1S/C14H14BrNO3/c1-9-10(2)13(17)16(12(9)15)14(18)19-8-11-6-4-3-5-7-11/h3-7,12H,8H2,1-2H3. The van der Waals surface area contributed by atoms with Gasteiger partial charge in [0.1, 0.15) is 11.6 Å². The van der Waals surface area contributed by atoms with Crippen LogP contribution in [-0.4, -0.2) is 21.9 Å². The molecule has 1 aliphatic rings. The molecule has 0 fully saturated rings. The first-order valence-electron chi connectivity index (χ1n) is 5.88. The molecule has 1 heterocycles. The van der Waals surface area contributed by atoms with E-state index in [0.717, 1.165) is 16.0 Å². The van der Waals surface area contributed by atoms with Crippen LogP contribution in [0.1, 0.15) is 19.4 Å². The van der Waals surface area contributed by atoms with Gasteiger partial charge in [-0.15, -0.1) is 0 Å². The molecule has 0 spiro atoms. The molecule has 4 nitrogen and oxygen atoms in total. The fourth-order valence-corrected chi connectivity index (χ4v) is 2.49. The Hall–Kier alpha value is -1.62. The second kappa shape index (κ2) is 5.57. The molecule has 1 aromatic carbocycles. The number of imide groups is 1. The van der Waals surface area contributed by atoms with E-state index in [-0.39, 0.29) is 12.5 Å². The zero-order chi connectivity index (χ0) is 14.0. The van der Waals surface area contributed by atoms with Crippen molar-refractivity contribution in [2.24, 2.45) is 0 Å². The Morgan fingerprint density at radius 1 is 1.32 bits per heavy atom. The molecule has 0 aliphatic carbocycles. The molecule has 1 unspecified atom stereocenters. The second-order valence-corrected chi connectivity index (χ2v) is 5.23. The van der Waals surface area contributed by atoms with Crippen LogP contribution in [-0.2, 0) is 16.1 Å². The lowest BCUT2D eigenvalue weighted by Gasteiger charge is -2.19. The smallest absolute Gasteiger partial charge is 0.418 e. The van der Waals surface area contributed by atoms with E-state index in [2.05, 4.69) is 15.9 Å². The number of carbonyl (C=O) groups excluding carboxylic acids is 2. The molecular formula is C14H14BrNO3. The molecule has 0 saturated heterocycles. The third-order valence-electron chi connectivity index (χ3n) is 3.12. The van der Waals surface area contributed by atoms with Gasteiger partial charge in [-0.2, -0.15) is 0 Å². The van der Waals surface area contributed by atoms with E-state index < -0.39 is 11.0 Å². The number of ether oxygens (including phenoxy) is 1. The zero-order valence-corrected chi connectivity index (χ0v) is 12.3. The summed E-state index contributed by atoms with van der Waals surface area (Å²) >= 11 is 3.32. The summed E-state index contributed by atoms with van der Waals surface area (Å²) < 4.78 is 5.16. The van der Waals surface area contributed by atoms with E-state index in [1.807, 2.05) is 37.3 Å². The van der Waals surface area contributed by atoms with Crippen molar-refractivity contribution in [3.63, 3.8) is 0 Å². The second-order valence-electron chi connectivity index (χ2n) is 4.36. The summed E-state index contributed by atoms with van der Waals surface area (Å²) in [7, 11) is 0. The molecule has 100 valence electrons. The fourth-order valence-electron chi connectivity index (χ4n) is 1.79. The molecule has 5 heteroatoms. The highest BCUT2D eigenvalue weighted by Crippen LogP contribution is 2.30.